The van der Waals surface area contributed by atoms with E-state index in [1.807, 2.05) is 0 Å². The number of aryl methyl sites for hydroxylation is 1. The topological polar surface area (TPSA) is 71.1 Å². The highest BCUT2D eigenvalue weighted by atomic mass is 16.5. The van der Waals surface area contributed by atoms with Crippen LogP contribution in [0.1, 0.15) is 111 Å². The van der Waals surface area contributed by atoms with Crippen LogP contribution in [0.25, 0.3) is 0 Å². The van der Waals surface area contributed by atoms with Crippen molar-refractivity contribution >= 4 is 11.9 Å². The molecule has 0 saturated heterocycles. The quantitative estimate of drug-likeness (QED) is 0.0807. The summed E-state index contributed by atoms with van der Waals surface area (Å²) in [6, 6.07) is 19.1. The molecule has 0 atom stereocenters. The molecule has 0 bridgehead atoms. The van der Waals surface area contributed by atoms with Gasteiger partial charge in [-0.15, -0.1) is 0 Å². The molecule has 0 N–H and O–H groups in total. The van der Waals surface area contributed by atoms with Crippen molar-refractivity contribution in [3.63, 3.8) is 0 Å². The van der Waals surface area contributed by atoms with Crippen LogP contribution in [-0.4, -0.2) is 25.2 Å². The van der Waals surface area contributed by atoms with Gasteiger partial charge >= 0.3 is 11.9 Å². The van der Waals surface area contributed by atoms with Crippen molar-refractivity contribution in [1.29, 1.82) is 0 Å². The third-order valence-electron chi connectivity index (χ3n) is 6.96. The van der Waals surface area contributed by atoms with Crippen LogP contribution in [0.2, 0.25) is 0 Å². The van der Waals surface area contributed by atoms with Crippen molar-refractivity contribution in [1.82, 2.24) is 0 Å². The monoisotopic (exact) mass is 574 g/mol. The molecule has 0 heterocycles. The number of ether oxygens (including phenoxy) is 4. The Bertz CT molecular complexity index is 1220. The van der Waals surface area contributed by atoms with Crippen LogP contribution in [0.4, 0.5) is 0 Å². The first-order chi connectivity index (χ1) is 20.5. The van der Waals surface area contributed by atoms with Crippen LogP contribution in [0.5, 0.6) is 23.0 Å². The maximum Gasteiger partial charge on any atom is 0.343 e. The van der Waals surface area contributed by atoms with Crippen LogP contribution in [0.15, 0.2) is 66.7 Å². The first kappa shape index (κ1) is 32.7. The molecular weight excluding hydrogens is 528 g/mol. The second-order valence-electron chi connectivity index (χ2n) is 10.5. The van der Waals surface area contributed by atoms with Crippen molar-refractivity contribution in [3.8, 4) is 23.0 Å². The van der Waals surface area contributed by atoms with E-state index in [0.717, 1.165) is 55.6 Å². The van der Waals surface area contributed by atoms with Gasteiger partial charge in [0, 0.05) is 0 Å². The fourth-order valence-electron chi connectivity index (χ4n) is 4.42. The van der Waals surface area contributed by atoms with E-state index in [-0.39, 0.29) is 0 Å². The molecule has 3 rings (SSSR count). The summed E-state index contributed by atoms with van der Waals surface area (Å²) in [5.41, 5.74) is 1.69. The molecule has 0 radical (unpaired) electrons. The van der Waals surface area contributed by atoms with Gasteiger partial charge in [-0.2, -0.15) is 0 Å². The summed E-state index contributed by atoms with van der Waals surface area (Å²) in [5, 5.41) is 0. The van der Waals surface area contributed by atoms with E-state index >= 15 is 0 Å². The minimum absolute atomic E-state index is 0.405. The zero-order chi connectivity index (χ0) is 30.0. The summed E-state index contributed by atoms with van der Waals surface area (Å²) in [4.78, 5) is 25.7. The molecule has 0 unspecified atom stereocenters. The smallest absolute Gasteiger partial charge is 0.343 e. The Morgan fingerprint density at radius 1 is 0.524 bits per heavy atom. The Morgan fingerprint density at radius 3 is 1.50 bits per heavy atom. The standard InChI is InChI=1S/C36H46O6/c1-4-7-10-12-25-39-31-19-15-28(16-20-31)35(37)41-33-23-24-34(30(27-33)14-9-6-3)42-36(38)29-17-21-32(22-18-29)40-26-13-11-8-5-2/h15-24,27H,4-14,25-26H2,1-3H3. The van der Waals surface area contributed by atoms with E-state index in [9.17, 15) is 9.59 Å². The van der Waals surface area contributed by atoms with Gasteiger partial charge in [0.05, 0.1) is 24.3 Å². The minimum atomic E-state index is -0.455. The van der Waals surface area contributed by atoms with Crippen LogP contribution >= 0.6 is 0 Å². The van der Waals surface area contributed by atoms with Gasteiger partial charge < -0.3 is 18.9 Å². The van der Waals surface area contributed by atoms with E-state index in [1.54, 1.807) is 66.7 Å². The van der Waals surface area contributed by atoms with Crippen molar-refractivity contribution in [2.24, 2.45) is 0 Å². The Kier molecular flexibility index (Phi) is 14.5. The predicted octanol–water partition coefficient (Wildman–Crippen LogP) is 9.39. The lowest BCUT2D eigenvalue weighted by molar-refractivity contribution is 0.0718. The molecule has 6 heteroatoms. The zero-order valence-electron chi connectivity index (χ0n) is 25.5. The molecule has 0 aliphatic carbocycles. The van der Waals surface area contributed by atoms with Gasteiger partial charge in [-0.3, -0.25) is 0 Å². The van der Waals surface area contributed by atoms with Gasteiger partial charge in [-0.1, -0.05) is 65.7 Å². The van der Waals surface area contributed by atoms with Crippen LogP contribution in [-0.2, 0) is 6.42 Å². The van der Waals surface area contributed by atoms with Crippen molar-refractivity contribution in [2.45, 2.75) is 91.4 Å². The highest BCUT2D eigenvalue weighted by Gasteiger charge is 2.15. The minimum Gasteiger partial charge on any atom is -0.494 e. The largest absolute Gasteiger partial charge is 0.494 e. The van der Waals surface area contributed by atoms with Gasteiger partial charge in [0.2, 0.25) is 0 Å². The highest BCUT2D eigenvalue weighted by molar-refractivity contribution is 5.92. The second-order valence-corrected chi connectivity index (χ2v) is 10.5. The molecule has 226 valence electrons. The fraction of sp³-hybridized carbons (Fsp3) is 0.444. The van der Waals surface area contributed by atoms with Gasteiger partial charge in [-0.25, -0.2) is 9.59 Å². The van der Waals surface area contributed by atoms with E-state index in [4.69, 9.17) is 18.9 Å². The normalized spacial score (nSPS) is 10.7. The molecule has 42 heavy (non-hydrogen) atoms. The summed E-state index contributed by atoms with van der Waals surface area (Å²) < 4.78 is 23.0. The average molecular weight is 575 g/mol. The summed E-state index contributed by atoms with van der Waals surface area (Å²) in [6.07, 6.45) is 11.7. The number of rotatable bonds is 19. The predicted molar refractivity (Wildman–Crippen MR) is 167 cm³/mol. The molecule has 0 aromatic heterocycles. The molecule has 0 aliphatic rings. The fourth-order valence-corrected chi connectivity index (χ4v) is 4.42. The number of carbonyl (C=O) groups excluding carboxylic acids is 2. The SMILES string of the molecule is CCCCCCOc1ccc(C(=O)Oc2ccc(OC(=O)c3ccc(OCCCCCC)cc3)c(CCCC)c2)cc1. The van der Waals surface area contributed by atoms with Crippen LogP contribution in [0, 0.1) is 0 Å². The molecule has 0 amide bonds. The van der Waals surface area contributed by atoms with E-state index in [1.165, 1.54) is 25.7 Å². The van der Waals surface area contributed by atoms with E-state index in [2.05, 4.69) is 20.8 Å². The number of benzene rings is 3. The molecule has 3 aromatic carbocycles. The zero-order valence-corrected chi connectivity index (χ0v) is 25.5. The maximum atomic E-state index is 12.9. The molecule has 6 nitrogen and oxygen atoms in total. The lowest BCUT2D eigenvalue weighted by Crippen LogP contribution is -2.11. The summed E-state index contributed by atoms with van der Waals surface area (Å²) in [6.45, 7) is 7.80. The first-order valence-corrected chi connectivity index (χ1v) is 15.6. The first-order valence-electron chi connectivity index (χ1n) is 15.6. The molecule has 0 saturated carbocycles. The van der Waals surface area contributed by atoms with Crippen LogP contribution < -0.4 is 18.9 Å². The van der Waals surface area contributed by atoms with Gasteiger partial charge in [0.25, 0.3) is 0 Å². The summed E-state index contributed by atoms with van der Waals surface area (Å²) in [5.74, 6) is 1.44. The van der Waals surface area contributed by atoms with Crippen molar-refractivity contribution in [3.05, 3.63) is 83.4 Å². The van der Waals surface area contributed by atoms with Gasteiger partial charge in [-0.05, 0) is 98.0 Å². The second kappa shape index (κ2) is 18.6. The Hall–Kier alpha value is -3.80. The number of hydrogen-bond acceptors (Lipinski definition) is 6. The van der Waals surface area contributed by atoms with Crippen molar-refractivity contribution < 1.29 is 28.5 Å². The molecular formula is C36H46O6. The van der Waals surface area contributed by atoms with Gasteiger partial charge in [0.15, 0.2) is 0 Å². The Morgan fingerprint density at radius 2 is 1.00 bits per heavy atom. The number of carbonyl (C=O) groups is 2. The number of unbranched alkanes of at least 4 members (excludes halogenated alkanes) is 7. The van der Waals surface area contributed by atoms with Crippen LogP contribution in [0.3, 0.4) is 0 Å². The molecule has 0 spiro atoms. The Balaban J connectivity index is 1.58. The number of esters is 2. The van der Waals surface area contributed by atoms with Crippen molar-refractivity contribution in [2.75, 3.05) is 13.2 Å². The summed E-state index contributed by atoms with van der Waals surface area (Å²) in [7, 11) is 0. The summed E-state index contributed by atoms with van der Waals surface area (Å²) >= 11 is 0. The lowest BCUT2D eigenvalue weighted by atomic mass is 10.1. The highest BCUT2D eigenvalue weighted by Crippen LogP contribution is 2.28. The third kappa shape index (κ3) is 11.2. The Labute approximate surface area is 251 Å². The molecule has 0 fully saturated rings. The lowest BCUT2D eigenvalue weighted by Gasteiger charge is -2.13. The molecule has 0 aliphatic heterocycles. The van der Waals surface area contributed by atoms with Gasteiger partial charge in [0.1, 0.15) is 23.0 Å². The maximum absolute atomic E-state index is 12.9. The van der Waals surface area contributed by atoms with E-state index in [0.29, 0.717) is 42.3 Å². The molecule has 3 aromatic rings. The number of hydrogen-bond donors (Lipinski definition) is 0. The van der Waals surface area contributed by atoms with E-state index < -0.39 is 11.9 Å². The third-order valence-corrected chi connectivity index (χ3v) is 6.96. The average Bonchev–Trinajstić information content (AvgIpc) is 3.01.